The van der Waals surface area contributed by atoms with Crippen molar-refractivity contribution in [3.05, 3.63) is 69.5 Å². The molecule has 1 aliphatic rings. The average molecular weight is 421 g/mol. The molecule has 1 amide bonds. The highest BCUT2D eigenvalue weighted by Gasteiger charge is 2.32. The molecule has 29 heavy (non-hydrogen) atoms. The molecule has 3 rings (SSSR count). The van der Waals surface area contributed by atoms with Crippen LogP contribution in [-0.4, -0.2) is 54.6 Å². The number of nitrogens with zero attached hydrogens (tertiary/aromatic N) is 3. The molecular formula is C19H20FN3O5S. The molecule has 0 aliphatic carbocycles. The van der Waals surface area contributed by atoms with Crippen molar-refractivity contribution in [3.63, 3.8) is 0 Å². The van der Waals surface area contributed by atoms with Crippen LogP contribution in [0.25, 0.3) is 0 Å². The van der Waals surface area contributed by atoms with Gasteiger partial charge in [-0.15, -0.1) is 0 Å². The van der Waals surface area contributed by atoms with Crippen LogP contribution in [0.5, 0.6) is 0 Å². The SMILES string of the molecule is Cc1ccc([N+](=O)[O-])cc1S(=O)(=O)N1CCN(C(=O)Cc2cccc(F)c2)CC1. The van der Waals surface area contributed by atoms with Crippen molar-refractivity contribution in [1.29, 1.82) is 0 Å². The smallest absolute Gasteiger partial charge is 0.270 e. The Bertz CT molecular complexity index is 1050. The van der Waals surface area contributed by atoms with Crippen LogP contribution in [0.3, 0.4) is 0 Å². The molecule has 0 saturated carbocycles. The molecule has 8 nitrogen and oxygen atoms in total. The maximum Gasteiger partial charge on any atom is 0.270 e. The number of non-ortho nitro benzene ring substituents is 1. The van der Waals surface area contributed by atoms with E-state index in [2.05, 4.69) is 0 Å². The van der Waals surface area contributed by atoms with E-state index in [9.17, 15) is 27.7 Å². The molecule has 0 N–H and O–H groups in total. The average Bonchev–Trinajstić information content (AvgIpc) is 2.68. The summed E-state index contributed by atoms with van der Waals surface area (Å²) in [6.45, 7) is 2.14. The van der Waals surface area contributed by atoms with Crippen molar-refractivity contribution in [2.75, 3.05) is 26.2 Å². The van der Waals surface area contributed by atoms with Gasteiger partial charge >= 0.3 is 0 Å². The first kappa shape index (κ1) is 20.9. The number of nitro groups is 1. The van der Waals surface area contributed by atoms with Gasteiger partial charge in [0.1, 0.15) is 5.82 Å². The third-order valence-corrected chi connectivity index (χ3v) is 6.88. The molecular weight excluding hydrogens is 401 g/mol. The third kappa shape index (κ3) is 4.60. The lowest BCUT2D eigenvalue weighted by Crippen LogP contribution is -2.50. The van der Waals surface area contributed by atoms with Gasteiger partial charge in [-0.25, -0.2) is 12.8 Å². The number of hydrogen-bond donors (Lipinski definition) is 0. The molecule has 1 heterocycles. The second-order valence-electron chi connectivity index (χ2n) is 6.80. The van der Waals surface area contributed by atoms with Crippen molar-refractivity contribution in [2.24, 2.45) is 0 Å². The van der Waals surface area contributed by atoms with Gasteiger partial charge in [-0.05, 0) is 30.2 Å². The molecule has 0 aromatic heterocycles. The number of piperazine rings is 1. The number of aryl methyl sites for hydroxylation is 1. The Hall–Kier alpha value is -2.85. The van der Waals surface area contributed by atoms with Gasteiger partial charge in [0.05, 0.1) is 16.2 Å². The fourth-order valence-corrected chi connectivity index (χ4v) is 4.90. The Morgan fingerprint density at radius 2 is 1.83 bits per heavy atom. The lowest BCUT2D eigenvalue weighted by atomic mass is 10.1. The normalized spacial score (nSPS) is 15.3. The summed E-state index contributed by atoms with van der Waals surface area (Å²) >= 11 is 0. The minimum absolute atomic E-state index is 0.0362. The molecule has 1 fully saturated rings. The van der Waals surface area contributed by atoms with Crippen LogP contribution in [0.1, 0.15) is 11.1 Å². The first-order chi connectivity index (χ1) is 13.7. The van der Waals surface area contributed by atoms with E-state index in [0.717, 1.165) is 6.07 Å². The van der Waals surface area contributed by atoms with Crippen molar-refractivity contribution in [2.45, 2.75) is 18.2 Å². The van der Waals surface area contributed by atoms with Crippen molar-refractivity contribution in [3.8, 4) is 0 Å². The van der Waals surface area contributed by atoms with Crippen LogP contribution in [0.2, 0.25) is 0 Å². The van der Waals surface area contributed by atoms with E-state index in [1.807, 2.05) is 0 Å². The van der Waals surface area contributed by atoms with Gasteiger partial charge in [-0.2, -0.15) is 4.31 Å². The number of halogens is 1. The fourth-order valence-electron chi connectivity index (χ4n) is 3.23. The molecule has 1 aliphatic heterocycles. The van der Waals surface area contributed by atoms with Gasteiger partial charge < -0.3 is 4.90 Å². The lowest BCUT2D eigenvalue weighted by Gasteiger charge is -2.34. The predicted octanol–water partition coefficient (Wildman–Crippen LogP) is 2.12. The Morgan fingerprint density at radius 3 is 2.45 bits per heavy atom. The summed E-state index contributed by atoms with van der Waals surface area (Å²) in [4.78, 5) is 24.2. The molecule has 154 valence electrons. The first-order valence-corrected chi connectivity index (χ1v) is 10.4. The number of carbonyl (C=O) groups excluding carboxylic acids is 1. The fraction of sp³-hybridized carbons (Fsp3) is 0.316. The molecule has 2 aromatic carbocycles. The van der Waals surface area contributed by atoms with Gasteiger partial charge in [0.2, 0.25) is 15.9 Å². The zero-order chi connectivity index (χ0) is 21.2. The van der Waals surface area contributed by atoms with E-state index in [1.165, 1.54) is 39.5 Å². The van der Waals surface area contributed by atoms with Crippen LogP contribution in [0.4, 0.5) is 10.1 Å². The zero-order valence-electron chi connectivity index (χ0n) is 15.7. The Morgan fingerprint density at radius 1 is 1.14 bits per heavy atom. The van der Waals surface area contributed by atoms with Crippen molar-refractivity contribution >= 4 is 21.6 Å². The van der Waals surface area contributed by atoms with Crippen LogP contribution in [0, 0.1) is 22.9 Å². The topological polar surface area (TPSA) is 101 Å². The summed E-state index contributed by atoms with van der Waals surface area (Å²) in [5.74, 6) is -0.627. The maximum absolute atomic E-state index is 13.3. The van der Waals surface area contributed by atoms with E-state index < -0.39 is 20.8 Å². The lowest BCUT2D eigenvalue weighted by molar-refractivity contribution is -0.385. The molecule has 1 saturated heterocycles. The second-order valence-corrected chi connectivity index (χ2v) is 8.70. The Balaban J connectivity index is 1.69. The number of carbonyl (C=O) groups is 1. The van der Waals surface area contributed by atoms with Gasteiger partial charge in [0.15, 0.2) is 0 Å². The van der Waals surface area contributed by atoms with Gasteiger partial charge in [0.25, 0.3) is 5.69 Å². The van der Waals surface area contributed by atoms with Crippen LogP contribution in [0.15, 0.2) is 47.4 Å². The first-order valence-electron chi connectivity index (χ1n) is 8.96. The summed E-state index contributed by atoms with van der Waals surface area (Å²) in [5, 5.41) is 11.0. The summed E-state index contributed by atoms with van der Waals surface area (Å²) in [7, 11) is -3.92. The molecule has 0 spiro atoms. The number of amides is 1. The summed E-state index contributed by atoms with van der Waals surface area (Å²) in [6.07, 6.45) is 0.0362. The highest BCUT2D eigenvalue weighted by molar-refractivity contribution is 7.89. The zero-order valence-corrected chi connectivity index (χ0v) is 16.6. The van der Waals surface area contributed by atoms with Gasteiger partial charge in [0, 0.05) is 38.3 Å². The van der Waals surface area contributed by atoms with E-state index >= 15 is 0 Å². The minimum atomic E-state index is -3.92. The molecule has 10 heteroatoms. The predicted molar refractivity (Wildman–Crippen MR) is 103 cm³/mol. The summed E-state index contributed by atoms with van der Waals surface area (Å²) in [6, 6.07) is 9.52. The van der Waals surface area contributed by atoms with Crippen molar-refractivity contribution in [1.82, 2.24) is 9.21 Å². The van der Waals surface area contributed by atoms with Crippen LogP contribution in [-0.2, 0) is 21.2 Å². The maximum atomic E-state index is 13.3. The molecule has 0 radical (unpaired) electrons. The largest absolute Gasteiger partial charge is 0.340 e. The number of sulfonamides is 1. The standard InChI is InChI=1S/C19H20FN3O5S/c1-14-5-6-17(23(25)26)13-18(14)29(27,28)22-9-7-21(8-10-22)19(24)12-15-3-2-4-16(20)11-15/h2-6,11,13H,7-10,12H2,1H3. The second kappa shape index (κ2) is 8.26. The molecule has 2 aromatic rings. The van der Waals surface area contributed by atoms with E-state index in [1.54, 1.807) is 13.0 Å². The monoisotopic (exact) mass is 421 g/mol. The van der Waals surface area contributed by atoms with E-state index in [0.29, 0.717) is 11.1 Å². The van der Waals surface area contributed by atoms with Crippen LogP contribution < -0.4 is 0 Å². The molecule has 0 unspecified atom stereocenters. The number of benzene rings is 2. The minimum Gasteiger partial charge on any atom is -0.340 e. The quantitative estimate of drug-likeness (QED) is 0.544. The molecule has 0 bridgehead atoms. The number of rotatable bonds is 5. The van der Waals surface area contributed by atoms with E-state index in [4.69, 9.17) is 0 Å². The van der Waals surface area contributed by atoms with Crippen LogP contribution >= 0.6 is 0 Å². The highest BCUT2D eigenvalue weighted by Crippen LogP contribution is 2.25. The Kier molecular flexibility index (Phi) is 5.94. The highest BCUT2D eigenvalue weighted by atomic mass is 32.2. The van der Waals surface area contributed by atoms with Gasteiger partial charge in [-0.1, -0.05) is 18.2 Å². The third-order valence-electron chi connectivity index (χ3n) is 4.84. The summed E-state index contributed by atoms with van der Waals surface area (Å²) in [5.41, 5.74) is 0.676. The Labute approximate surface area is 167 Å². The summed E-state index contributed by atoms with van der Waals surface area (Å²) < 4.78 is 40.4. The molecule has 0 atom stereocenters. The number of nitro benzene ring substituents is 1. The number of hydrogen-bond acceptors (Lipinski definition) is 5. The van der Waals surface area contributed by atoms with Gasteiger partial charge in [-0.3, -0.25) is 14.9 Å². The van der Waals surface area contributed by atoms with E-state index in [-0.39, 0.29) is 49.1 Å². The van der Waals surface area contributed by atoms with Crippen molar-refractivity contribution < 1.29 is 22.5 Å².